The van der Waals surface area contributed by atoms with Gasteiger partial charge in [0.25, 0.3) is 5.91 Å². The normalized spacial score (nSPS) is 20.5. The predicted molar refractivity (Wildman–Crippen MR) is 130 cm³/mol. The van der Waals surface area contributed by atoms with Gasteiger partial charge >= 0.3 is 0 Å². The summed E-state index contributed by atoms with van der Waals surface area (Å²) >= 11 is 0. The highest BCUT2D eigenvalue weighted by Gasteiger charge is 2.42. The Balaban J connectivity index is 1.36. The fraction of sp³-hybridized carbons (Fsp3) is 0.250. The van der Waals surface area contributed by atoms with E-state index in [0.717, 1.165) is 52.2 Å². The molecular weight excluding hydrogens is 410 g/mol. The third-order valence-corrected chi connectivity index (χ3v) is 7.19. The largest absolute Gasteiger partial charge is 0.336 e. The van der Waals surface area contributed by atoms with Crippen LogP contribution >= 0.6 is 0 Å². The zero-order valence-electron chi connectivity index (χ0n) is 18.6. The molecule has 0 saturated carbocycles. The molecule has 33 heavy (non-hydrogen) atoms. The van der Waals surface area contributed by atoms with E-state index in [1.54, 1.807) is 11.1 Å². The molecule has 2 aliphatic rings. The van der Waals surface area contributed by atoms with Gasteiger partial charge in [0.05, 0.1) is 5.52 Å². The number of rotatable bonds is 2. The molecule has 0 unspecified atom stereocenters. The number of aromatic nitrogens is 1. The van der Waals surface area contributed by atoms with Gasteiger partial charge in [0, 0.05) is 36.3 Å². The fourth-order valence-corrected chi connectivity index (χ4v) is 5.41. The van der Waals surface area contributed by atoms with Gasteiger partial charge < -0.3 is 9.80 Å². The number of amides is 2. The lowest BCUT2D eigenvalue weighted by Gasteiger charge is -2.41. The number of hydrogen-bond acceptors (Lipinski definition) is 3. The zero-order valence-corrected chi connectivity index (χ0v) is 18.6. The molecule has 164 valence electrons. The third-order valence-electron chi connectivity index (χ3n) is 7.19. The van der Waals surface area contributed by atoms with Crippen molar-refractivity contribution in [2.24, 2.45) is 0 Å². The lowest BCUT2D eigenvalue weighted by Crippen LogP contribution is -2.60. The van der Waals surface area contributed by atoms with E-state index in [0.29, 0.717) is 12.1 Å². The van der Waals surface area contributed by atoms with E-state index in [1.165, 1.54) is 0 Å². The Kier molecular flexibility index (Phi) is 4.64. The molecule has 6 rings (SSSR count). The number of pyridine rings is 1. The van der Waals surface area contributed by atoms with E-state index in [1.807, 2.05) is 54.3 Å². The SMILES string of the molecule is C[C@@H]1C(=O)N2CCC[C@@H]2CN1C(=O)c1ccc2c(-c3ccc4ncccc4c3)cccc2c1. The standard InChI is InChI=1S/C28H25N3O2/c1-18-27(32)30-14-4-7-23(30)17-31(18)28(33)22-9-11-25-19(16-22)5-2-8-24(25)20-10-12-26-21(15-20)6-3-13-29-26/h2-3,5-6,8-13,15-16,18,23H,4,7,14,17H2,1H3/t18-,23-/m1/s1. The molecule has 4 aromatic rings. The minimum Gasteiger partial charge on any atom is -0.336 e. The van der Waals surface area contributed by atoms with Crippen molar-refractivity contribution in [3.05, 3.63) is 78.5 Å². The van der Waals surface area contributed by atoms with Gasteiger partial charge in [-0.05, 0) is 72.0 Å². The molecule has 0 bridgehead atoms. The van der Waals surface area contributed by atoms with E-state index in [2.05, 4.69) is 29.2 Å². The molecule has 5 heteroatoms. The summed E-state index contributed by atoms with van der Waals surface area (Å²) in [6.07, 6.45) is 3.80. The zero-order chi connectivity index (χ0) is 22.5. The van der Waals surface area contributed by atoms with E-state index >= 15 is 0 Å². The first kappa shape index (κ1) is 19.9. The summed E-state index contributed by atoms with van der Waals surface area (Å²) in [5, 5.41) is 3.22. The van der Waals surface area contributed by atoms with Crippen LogP contribution in [0.2, 0.25) is 0 Å². The molecule has 1 aromatic heterocycles. The molecule has 5 nitrogen and oxygen atoms in total. The maximum Gasteiger partial charge on any atom is 0.254 e. The summed E-state index contributed by atoms with van der Waals surface area (Å²) in [6.45, 7) is 3.29. The van der Waals surface area contributed by atoms with Crippen molar-refractivity contribution in [1.82, 2.24) is 14.8 Å². The van der Waals surface area contributed by atoms with Crippen LogP contribution in [0.25, 0.3) is 32.8 Å². The van der Waals surface area contributed by atoms with Crippen LogP contribution in [0, 0.1) is 0 Å². The molecule has 2 atom stereocenters. The van der Waals surface area contributed by atoms with Crippen molar-refractivity contribution in [3.63, 3.8) is 0 Å². The Morgan fingerprint density at radius 2 is 1.88 bits per heavy atom. The first-order valence-electron chi connectivity index (χ1n) is 11.6. The average molecular weight is 436 g/mol. The molecule has 3 aromatic carbocycles. The maximum atomic E-state index is 13.4. The first-order valence-corrected chi connectivity index (χ1v) is 11.6. The van der Waals surface area contributed by atoms with Crippen LogP contribution in [0.3, 0.4) is 0 Å². The molecule has 2 saturated heterocycles. The minimum absolute atomic E-state index is 0.0634. The van der Waals surface area contributed by atoms with Crippen LogP contribution in [0.15, 0.2) is 72.9 Å². The molecular formula is C28H25N3O2. The van der Waals surface area contributed by atoms with Crippen LogP contribution < -0.4 is 0 Å². The summed E-state index contributed by atoms with van der Waals surface area (Å²) < 4.78 is 0. The van der Waals surface area contributed by atoms with Gasteiger partial charge in [-0.25, -0.2) is 0 Å². The Morgan fingerprint density at radius 3 is 2.79 bits per heavy atom. The van der Waals surface area contributed by atoms with E-state index in [4.69, 9.17) is 0 Å². The monoisotopic (exact) mass is 435 g/mol. The third kappa shape index (κ3) is 3.27. The number of hydrogen-bond donors (Lipinski definition) is 0. The van der Waals surface area contributed by atoms with Gasteiger partial charge in [0.2, 0.25) is 5.91 Å². The maximum absolute atomic E-state index is 13.4. The summed E-state index contributed by atoms with van der Waals surface area (Å²) in [6, 6.07) is 22.1. The second-order valence-corrected chi connectivity index (χ2v) is 9.11. The van der Waals surface area contributed by atoms with Gasteiger partial charge in [-0.2, -0.15) is 0 Å². The number of nitrogens with zero attached hydrogens (tertiary/aromatic N) is 3. The second kappa shape index (κ2) is 7.69. The van der Waals surface area contributed by atoms with E-state index < -0.39 is 6.04 Å². The Hall–Kier alpha value is -3.73. The van der Waals surface area contributed by atoms with Crippen molar-refractivity contribution < 1.29 is 9.59 Å². The highest BCUT2D eigenvalue weighted by molar-refractivity contribution is 6.04. The summed E-state index contributed by atoms with van der Waals surface area (Å²) in [5.41, 5.74) is 3.85. The summed E-state index contributed by atoms with van der Waals surface area (Å²) in [7, 11) is 0. The summed E-state index contributed by atoms with van der Waals surface area (Å²) in [5.74, 6) is 0.0115. The highest BCUT2D eigenvalue weighted by Crippen LogP contribution is 2.32. The van der Waals surface area contributed by atoms with Crippen molar-refractivity contribution >= 4 is 33.5 Å². The van der Waals surface area contributed by atoms with Crippen molar-refractivity contribution in [2.45, 2.75) is 31.8 Å². The number of fused-ring (bicyclic) bond motifs is 3. The Labute approximate surface area is 192 Å². The number of benzene rings is 3. The minimum atomic E-state index is -0.417. The smallest absolute Gasteiger partial charge is 0.254 e. The van der Waals surface area contributed by atoms with Crippen LogP contribution in [0.5, 0.6) is 0 Å². The quantitative estimate of drug-likeness (QED) is 0.450. The van der Waals surface area contributed by atoms with Crippen molar-refractivity contribution in [3.8, 4) is 11.1 Å². The van der Waals surface area contributed by atoms with E-state index in [9.17, 15) is 9.59 Å². The molecule has 0 N–H and O–H groups in total. The topological polar surface area (TPSA) is 53.5 Å². The Morgan fingerprint density at radius 1 is 1.00 bits per heavy atom. The number of piperazine rings is 1. The fourth-order valence-electron chi connectivity index (χ4n) is 5.41. The molecule has 0 radical (unpaired) electrons. The van der Waals surface area contributed by atoms with E-state index in [-0.39, 0.29) is 17.9 Å². The van der Waals surface area contributed by atoms with Crippen molar-refractivity contribution in [1.29, 1.82) is 0 Å². The molecule has 2 fully saturated rings. The molecule has 2 aliphatic heterocycles. The van der Waals surface area contributed by atoms with Crippen LogP contribution in [-0.2, 0) is 4.79 Å². The highest BCUT2D eigenvalue weighted by atomic mass is 16.2. The van der Waals surface area contributed by atoms with Crippen molar-refractivity contribution in [2.75, 3.05) is 13.1 Å². The average Bonchev–Trinajstić information content (AvgIpc) is 3.34. The predicted octanol–water partition coefficient (Wildman–Crippen LogP) is 4.89. The lowest BCUT2D eigenvalue weighted by atomic mass is 9.95. The second-order valence-electron chi connectivity index (χ2n) is 9.11. The summed E-state index contributed by atoms with van der Waals surface area (Å²) in [4.78, 5) is 34.4. The van der Waals surface area contributed by atoms with Gasteiger partial charge in [0.1, 0.15) is 6.04 Å². The molecule has 0 aliphatic carbocycles. The van der Waals surface area contributed by atoms with Crippen LogP contribution in [0.1, 0.15) is 30.1 Å². The molecule has 3 heterocycles. The van der Waals surface area contributed by atoms with Gasteiger partial charge in [-0.1, -0.05) is 36.4 Å². The van der Waals surface area contributed by atoms with Crippen LogP contribution in [0.4, 0.5) is 0 Å². The molecule has 2 amide bonds. The van der Waals surface area contributed by atoms with Gasteiger partial charge in [-0.15, -0.1) is 0 Å². The van der Waals surface area contributed by atoms with Crippen LogP contribution in [-0.4, -0.2) is 51.8 Å². The van der Waals surface area contributed by atoms with Gasteiger partial charge in [-0.3, -0.25) is 14.6 Å². The first-order chi connectivity index (χ1) is 16.1. The van der Waals surface area contributed by atoms with Gasteiger partial charge in [0.15, 0.2) is 0 Å². The Bertz CT molecular complexity index is 1410. The number of carbonyl (C=O) groups excluding carboxylic acids is 2. The number of carbonyl (C=O) groups is 2. The lowest BCUT2D eigenvalue weighted by molar-refractivity contribution is -0.141. The molecule has 0 spiro atoms.